The molecule has 1 unspecified atom stereocenters. The maximum absolute atomic E-state index is 11.3. The molecule has 102 valence electrons. The average molecular weight is 259 g/mol. The molecular weight excluding hydrogens is 238 g/mol. The smallest absolute Gasteiger partial charge is 0.219 e. The molecule has 1 aromatic carbocycles. The lowest BCUT2D eigenvalue weighted by molar-refractivity contribution is -0.120. The Morgan fingerprint density at radius 2 is 2.21 bits per heavy atom. The molecule has 0 fully saturated rings. The summed E-state index contributed by atoms with van der Waals surface area (Å²) in [7, 11) is 0. The second kappa shape index (κ2) is 5.24. The van der Waals surface area contributed by atoms with Crippen LogP contribution in [0.5, 0.6) is 5.75 Å². The molecule has 1 aromatic rings. The minimum atomic E-state index is 0.146. The minimum absolute atomic E-state index is 0.146. The zero-order valence-corrected chi connectivity index (χ0v) is 11.5. The van der Waals surface area contributed by atoms with Crippen molar-refractivity contribution < 1.29 is 9.53 Å². The number of amides is 1. The van der Waals surface area contributed by atoms with Crippen LogP contribution in [0.2, 0.25) is 0 Å². The van der Waals surface area contributed by atoms with Crippen LogP contribution in [0.25, 0.3) is 0 Å². The lowest BCUT2D eigenvalue weighted by Gasteiger charge is -2.15. The van der Waals surface area contributed by atoms with E-state index in [-0.39, 0.29) is 5.91 Å². The highest BCUT2D eigenvalue weighted by Crippen LogP contribution is 2.44. The van der Waals surface area contributed by atoms with Gasteiger partial charge in [-0.2, -0.15) is 0 Å². The number of hydrogen-bond donors (Lipinski definition) is 1. The molecule has 0 aromatic heterocycles. The van der Waals surface area contributed by atoms with Gasteiger partial charge in [0.05, 0.1) is 6.61 Å². The van der Waals surface area contributed by atoms with Crippen LogP contribution in [-0.4, -0.2) is 19.1 Å². The summed E-state index contributed by atoms with van der Waals surface area (Å²) < 4.78 is 5.83. The molecule has 3 rings (SSSR count). The first-order valence-electron chi connectivity index (χ1n) is 7.33. The van der Waals surface area contributed by atoms with E-state index >= 15 is 0 Å². The van der Waals surface area contributed by atoms with E-state index in [0.29, 0.717) is 12.3 Å². The Balaban J connectivity index is 1.71. The van der Waals surface area contributed by atoms with E-state index in [2.05, 4.69) is 17.4 Å². The van der Waals surface area contributed by atoms with Crippen LogP contribution in [0.3, 0.4) is 0 Å². The molecule has 1 atom stereocenters. The van der Waals surface area contributed by atoms with Gasteiger partial charge in [0, 0.05) is 24.9 Å². The first-order valence-corrected chi connectivity index (χ1v) is 7.33. The molecule has 3 nitrogen and oxygen atoms in total. The minimum Gasteiger partial charge on any atom is -0.493 e. The normalized spacial score (nSPS) is 19.7. The highest BCUT2D eigenvalue weighted by atomic mass is 16.5. The molecular formula is C16H21NO2. The SMILES string of the molecule is CCC(=O)NCCC1CCc2ccc3c(c21)OCC3. The van der Waals surface area contributed by atoms with Gasteiger partial charge in [0.25, 0.3) is 0 Å². The molecule has 0 radical (unpaired) electrons. The van der Waals surface area contributed by atoms with E-state index in [1.807, 2.05) is 6.92 Å². The Labute approximate surface area is 114 Å². The Morgan fingerprint density at radius 1 is 1.37 bits per heavy atom. The van der Waals surface area contributed by atoms with Crippen molar-refractivity contribution in [1.82, 2.24) is 5.32 Å². The van der Waals surface area contributed by atoms with Gasteiger partial charge in [-0.1, -0.05) is 19.1 Å². The van der Waals surface area contributed by atoms with Gasteiger partial charge in [-0.15, -0.1) is 0 Å². The molecule has 3 heteroatoms. The summed E-state index contributed by atoms with van der Waals surface area (Å²) in [5, 5.41) is 2.98. The van der Waals surface area contributed by atoms with Crippen molar-refractivity contribution in [2.24, 2.45) is 0 Å². The van der Waals surface area contributed by atoms with Crippen molar-refractivity contribution in [3.05, 3.63) is 28.8 Å². The van der Waals surface area contributed by atoms with E-state index < -0.39 is 0 Å². The average Bonchev–Trinajstić information content (AvgIpc) is 3.03. The fourth-order valence-corrected chi connectivity index (χ4v) is 3.25. The third-order valence-corrected chi connectivity index (χ3v) is 4.29. The zero-order valence-electron chi connectivity index (χ0n) is 11.5. The number of hydrogen-bond acceptors (Lipinski definition) is 2. The van der Waals surface area contributed by atoms with Crippen LogP contribution in [0.4, 0.5) is 0 Å². The third-order valence-electron chi connectivity index (χ3n) is 4.29. The summed E-state index contributed by atoms with van der Waals surface area (Å²) in [4.78, 5) is 11.3. The van der Waals surface area contributed by atoms with Crippen molar-refractivity contribution in [2.75, 3.05) is 13.2 Å². The fraction of sp³-hybridized carbons (Fsp3) is 0.562. The largest absolute Gasteiger partial charge is 0.493 e. The Kier molecular flexibility index (Phi) is 3.45. The molecule has 19 heavy (non-hydrogen) atoms. The second-order valence-electron chi connectivity index (χ2n) is 5.45. The van der Waals surface area contributed by atoms with E-state index in [0.717, 1.165) is 38.2 Å². The molecule has 2 aliphatic rings. The van der Waals surface area contributed by atoms with Gasteiger partial charge in [-0.05, 0) is 36.3 Å². The molecule has 1 aliphatic carbocycles. The van der Waals surface area contributed by atoms with Crippen LogP contribution < -0.4 is 10.1 Å². The van der Waals surface area contributed by atoms with Crippen molar-refractivity contribution in [3.63, 3.8) is 0 Å². The summed E-state index contributed by atoms with van der Waals surface area (Å²) in [5.41, 5.74) is 4.25. The molecule has 1 N–H and O–H groups in total. The van der Waals surface area contributed by atoms with Gasteiger partial charge in [-0.3, -0.25) is 4.79 Å². The van der Waals surface area contributed by atoms with Crippen LogP contribution in [0.15, 0.2) is 12.1 Å². The summed E-state index contributed by atoms with van der Waals surface area (Å²) in [6, 6.07) is 4.50. The molecule has 0 bridgehead atoms. The summed E-state index contributed by atoms with van der Waals surface area (Å²) in [6.07, 6.45) is 4.98. The van der Waals surface area contributed by atoms with Gasteiger partial charge in [0.1, 0.15) is 5.75 Å². The number of rotatable bonds is 4. The van der Waals surface area contributed by atoms with Crippen molar-refractivity contribution in [2.45, 2.75) is 44.9 Å². The number of fused-ring (bicyclic) bond motifs is 3. The van der Waals surface area contributed by atoms with E-state index in [1.54, 1.807) is 0 Å². The molecule has 1 amide bonds. The highest BCUT2D eigenvalue weighted by molar-refractivity contribution is 5.75. The quantitative estimate of drug-likeness (QED) is 0.902. The third kappa shape index (κ3) is 2.34. The molecule has 1 aliphatic heterocycles. The lowest BCUT2D eigenvalue weighted by atomic mass is 9.95. The van der Waals surface area contributed by atoms with E-state index in [1.165, 1.54) is 23.1 Å². The predicted octanol–water partition coefficient (Wildman–Crippen LogP) is 2.57. The topological polar surface area (TPSA) is 38.3 Å². The fourth-order valence-electron chi connectivity index (χ4n) is 3.25. The van der Waals surface area contributed by atoms with Crippen LogP contribution in [0, 0.1) is 0 Å². The maximum atomic E-state index is 11.3. The van der Waals surface area contributed by atoms with Crippen LogP contribution in [-0.2, 0) is 17.6 Å². The first kappa shape index (κ1) is 12.5. The van der Waals surface area contributed by atoms with Crippen LogP contribution >= 0.6 is 0 Å². The summed E-state index contributed by atoms with van der Waals surface area (Å²) in [6.45, 7) is 3.49. The Hall–Kier alpha value is -1.51. The molecule has 0 spiro atoms. The molecule has 0 saturated heterocycles. The molecule has 1 heterocycles. The van der Waals surface area contributed by atoms with Crippen molar-refractivity contribution in [3.8, 4) is 5.75 Å². The van der Waals surface area contributed by atoms with Crippen molar-refractivity contribution >= 4 is 5.91 Å². The van der Waals surface area contributed by atoms with Crippen LogP contribution in [0.1, 0.15) is 48.8 Å². The Bertz CT molecular complexity index is 496. The van der Waals surface area contributed by atoms with Gasteiger partial charge >= 0.3 is 0 Å². The second-order valence-corrected chi connectivity index (χ2v) is 5.45. The summed E-state index contributed by atoms with van der Waals surface area (Å²) in [5.74, 6) is 1.86. The maximum Gasteiger partial charge on any atom is 0.219 e. The number of ether oxygens (including phenoxy) is 1. The van der Waals surface area contributed by atoms with Gasteiger partial charge in [0.15, 0.2) is 0 Å². The predicted molar refractivity (Wildman–Crippen MR) is 74.6 cm³/mol. The lowest BCUT2D eigenvalue weighted by Crippen LogP contribution is -2.24. The number of nitrogens with one attached hydrogen (secondary N) is 1. The van der Waals surface area contributed by atoms with Gasteiger partial charge in [-0.25, -0.2) is 0 Å². The van der Waals surface area contributed by atoms with Gasteiger partial charge < -0.3 is 10.1 Å². The zero-order chi connectivity index (χ0) is 13.2. The number of carbonyl (C=O) groups is 1. The number of carbonyl (C=O) groups excluding carboxylic acids is 1. The standard InChI is InChI=1S/C16H21NO2/c1-2-14(18)17-9-7-12-4-3-11-5-6-13-8-10-19-16(13)15(11)12/h5-6,12H,2-4,7-10H2,1H3,(H,17,18). The van der Waals surface area contributed by atoms with E-state index in [4.69, 9.17) is 4.74 Å². The molecule has 0 saturated carbocycles. The monoisotopic (exact) mass is 259 g/mol. The number of benzene rings is 1. The Morgan fingerprint density at radius 3 is 3.05 bits per heavy atom. The first-order chi connectivity index (χ1) is 9.29. The van der Waals surface area contributed by atoms with Gasteiger partial charge in [0.2, 0.25) is 5.91 Å². The summed E-state index contributed by atoms with van der Waals surface area (Å²) >= 11 is 0. The highest BCUT2D eigenvalue weighted by Gasteiger charge is 2.29. The van der Waals surface area contributed by atoms with E-state index in [9.17, 15) is 4.79 Å². The number of aryl methyl sites for hydroxylation is 1. The van der Waals surface area contributed by atoms with Crippen molar-refractivity contribution in [1.29, 1.82) is 0 Å².